The van der Waals surface area contributed by atoms with Crippen LogP contribution in [0.2, 0.25) is 0 Å². The first-order valence-electron chi connectivity index (χ1n) is 8.80. The molecule has 2 fully saturated rings. The first-order chi connectivity index (χ1) is 10.1. The highest BCUT2D eigenvalue weighted by atomic mass is 16.2. The molecule has 1 aliphatic carbocycles. The van der Waals surface area contributed by atoms with Gasteiger partial charge in [0.15, 0.2) is 0 Å². The first kappa shape index (κ1) is 16.8. The first-order valence-corrected chi connectivity index (χ1v) is 8.80. The highest BCUT2D eigenvalue weighted by Crippen LogP contribution is 2.31. The predicted molar refractivity (Wildman–Crippen MR) is 87.4 cm³/mol. The van der Waals surface area contributed by atoms with Crippen molar-refractivity contribution < 1.29 is 4.79 Å². The minimum Gasteiger partial charge on any atom is -0.337 e. The van der Waals surface area contributed by atoms with Gasteiger partial charge in [-0.25, -0.2) is 0 Å². The molecule has 2 rings (SSSR count). The molecule has 1 atom stereocenters. The maximum Gasteiger partial charge on any atom is 0.243 e. The van der Waals surface area contributed by atoms with Gasteiger partial charge in [-0.2, -0.15) is 0 Å². The van der Waals surface area contributed by atoms with Crippen LogP contribution >= 0.6 is 0 Å². The fourth-order valence-corrected chi connectivity index (χ4v) is 3.98. The molecule has 1 saturated carbocycles. The molecule has 122 valence electrons. The van der Waals surface area contributed by atoms with E-state index < -0.39 is 0 Å². The second-order valence-electron chi connectivity index (χ2n) is 7.10. The van der Waals surface area contributed by atoms with Crippen LogP contribution < -0.4 is 5.32 Å². The van der Waals surface area contributed by atoms with Gasteiger partial charge in [0.05, 0.1) is 5.54 Å². The standard InChI is InChI=1S/C17H33N3O/c1-4-10-17(11-7-12-18-17)16(21)20(14-13-19(2)3)15-8-5-6-9-15/h15,18H,4-14H2,1-3H3. The number of nitrogens with one attached hydrogen (secondary N) is 1. The van der Waals surface area contributed by atoms with Gasteiger partial charge in [0.1, 0.15) is 0 Å². The second kappa shape index (κ2) is 7.59. The summed E-state index contributed by atoms with van der Waals surface area (Å²) >= 11 is 0. The topological polar surface area (TPSA) is 35.6 Å². The van der Waals surface area contributed by atoms with Gasteiger partial charge in [-0.1, -0.05) is 26.2 Å². The molecule has 0 aromatic rings. The van der Waals surface area contributed by atoms with E-state index in [-0.39, 0.29) is 5.54 Å². The largest absolute Gasteiger partial charge is 0.337 e. The third-order valence-electron chi connectivity index (χ3n) is 5.14. The fraction of sp³-hybridized carbons (Fsp3) is 0.941. The van der Waals surface area contributed by atoms with Gasteiger partial charge in [0, 0.05) is 19.1 Å². The molecular weight excluding hydrogens is 262 g/mol. The molecular formula is C17H33N3O. The molecule has 0 aromatic heterocycles. The molecule has 1 saturated heterocycles. The summed E-state index contributed by atoms with van der Waals surface area (Å²) < 4.78 is 0. The molecule has 1 N–H and O–H groups in total. The van der Waals surface area contributed by atoms with E-state index in [9.17, 15) is 4.79 Å². The van der Waals surface area contributed by atoms with Crippen molar-refractivity contribution >= 4 is 5.91 Å². The number of hydrogen-bond acceptors (Lipinski definition) is 3. The van der Waals surface area contributed by atoms with E-state index in [0.29, 0.717) is 11.9 Å². The van der Waals surface area contributed by atoms with E-state index in [0.717, 1.165) is 45.3 Å². The third kappa shape index (κ3) is 3.98. The van der Waals surface area contributed by atoms with Crippen molar-refractivity contribution in [1.82, 2.24) is 15.1 Å². The van der Waals surface area contributed by atoms with Crippen LogP contribution in [-0.4, -0.2) is 61.0 Å². The highest BCUT2D eigenvalue weighted by molar-refractivity contribution is 5.87. The minimum atomic E-state index is -0.260. The Morgan fingerprint density at radius 2 is 1.90 bits per heavy atom. The molecule has 1 unspecified atom stereocenters. The van der Waals surface area contributed by atoms with Crippen LogP contribution in [0.15, 0.2) is 0 Å². The van der Waals surface area contributed by atoms with Crippen LogP contribution in [-0.2, 0) is 4.79 Å². The minimum absolute atomic E-state index is 0.260. The average molecular weight is 295 g/mol. The number of hydrogen-bond donors (Lipinski definition) is 1. The third-order valence-corrected chi connectivity index (χ3v) is 5.14. The zero-order chi connectivity index (χ0) is 15.3. The van der Waals surface area contributed by atoms with Crippen LogP contribution in [0.3, 0.4) is 0 Å². The highest BCUT2D eigenvalue weighted by Gasteiger charge is 2.44. The summed E-state index contributed by atoms with van der Waals surface area (Å²) in [5.41, 5.74) is -0.260. The molecule has 2 aliphatic rings. The van der Waals surface area contributed by atoms with Crippen molar-refractivity contribution in [3.63, 3.8) is 0 Å². The molecule has 4 nitrogen and oxygen atoms in total. The van der Waals surface area contributed by atoms with Gasteiger partial charge < -0.3 is 15.1 Å². The SMILES string of the molecule is CCCC1(C(=O)N(CCN(C)C)C2CCCC2)CCCN1. The van der Waals surface area contributed by atoms with Gasteiger partial charge >= 0.3 is 0 Å². The van der Waals surface area contributed by atoms with Crippen molar-refractivity contribution in [1.29, 1.82) is 0 Å². The van der Waals surface area contributed by atoms with Crippen molar-refractivity contribution in [2.45, 2.75) is 69.9 Å². The maximum atomic E-state index is 13.3. The molecule has 1 heterocycles. The van der Waals surface area contributed by atoms with E-state index in [1.807, 2.05) is 0 Å². The lowest BCUT2D eigenvalue weighted by Gasteiger charge is -2.38. The lowest BCUT2D eigenvalue weighted by atomic mass is 9.89. The Balaban J connectivity index is 2.11. The summed E-state index contributed by atoms with van der Waals surface area (Å²) in [5.74, 6) is 0.385. The van der Waals surface area contributed by atoms with Gasteiger partial charge in [-0.05, 0) is 52.7 Å². The Kier molecular flexibility index (Phi) is 6.06. The molecule has 0 bridgehead atoms. The lowest BCUT2D eigenvalue weighted by Crippen LogP contribution is -2.58. The molecule has 1 amide bonds. The van der Waals surface area contributed by atoms with Crippen molar-refractivity contribution in [2.75, 3.05) is 33.7 Å². The Hall–Kier alpha value is -0.610. The van der Waals surface area contributed by atoms with Gasteiger partial charge in [0.2, 0.25) is 5.91 Å². The molecule has 0 aromatic carbocycles. The number of carbonyl (C=O) groups excluding carboxylic acids is 1. The van der Waals surface area contributed by atoms with Crippen LogP contribution in [0.4, 0.5) is 0 Å². The van der Waals surface area contributed by atoms with Crippen molar-refractivity contribution in [2.24, 2.45) is 0 Å². The Labute approximate surface area is 130 Å². The maximum absolute atomic E-state index is 13.3. The molecule has 21 heavy (non-hydrogen) atoms. The van der Waals surface area contributed by atoms with Crippen molar-refractivity contribution in [3.05, 3.63) is 0 Å². The smallest absolute Gasteiger partial charge is 0.243 e. The summed E-state index contributed by atoms with van der Waals surface area (Å²) in [5, 5.41) is 3.56. The predicted octanol–water partition coefficient (Wildman–Crippen LogP) is 2.24. The van der Waals surface area contributed by atoms with E-state index >= 15 is 0 Å². The van der Waals surface area contributed by atoms with E-state index in [2.05, 4.69) is 36.1 Å². The molecule has 0 radical (unpaired) electrons. The summed E-state index contributed by atoms with van der Waals surface area (Å²) in [6.07, 6.45) is 9.17. The second-order valence-corrected chi connectivity index (χ2v) is 7.10. The van der Waals surface area contributed by atoms with Gasteiger partial charge in [-0.3, -0.25) is 4.79 Å². The normalized spacial score (nSPS) is 26.7. The van der Waals surface area contributed by atoms with Crippen LogP contribution in [0, 0.1) is 0 Å². The summed E-state index contributed by atoms with van der Waals surface area (Å²) in [6, 6.07) is 0.480. The monoisotopic (exact) mass is 295 g/mol. The van der Waals surface area contributed by atoms with Crippen LogP contribution in [0.5, 0.6) is 0 Å². The summed E-state index contributed by atoms with van der Waals surface area (Å²) in [4.78, 5) is 17.7. The number of amides is 1. The van der Waals surface area contributed by atoms with Crippen LogP contribution in [0.25, 0.3) is 0 Å². The van der Waals surface area contributed by atoms with E-state index in [1.165, 1.54) is 25.7 Å². The van der Waals surface area contributed by atoms with Gasteiger partial charge in [-0.15, -0.1) is 0 Å². The lowest BCUT2D eigenvalue weighted by molar-refractivity contribution is -0.140. The zero-order valence-corrected chi connectivity index (χ0v) is 14.2. The number of carbonyl (C=O) groups is 1. The van der Waals surface area contributed by atoms with Crippen LogP contribution in [0.1, 0.15) is 58.3 Å². The Morgan fingerprint density at radius 1 is 1.19 bits per heavy atom. The zero-order valence-electron chi connectivity index (χ0n) is 14.2. The average Bonchev–Trinajstić information content (AvgIpc) is 3.11. The molecule has 1 aliphatic heterocycles. The van der Waals surface area contributed by atoms with E-state index in [1.54, 1.807) is 0 Å². The fourth-order valence-electron chi connectivity index (χ4n) is 3.98. The number of rotatable bonds is 7. The quantitative estimate of drug-likeness (QED) is 0.782. The number of likely N-dealkylation sites (N-methyl/N-ethyl adjacent to an activating group) is 1. The van der Waals surface area contributed by atoms with Gasteiger partial charge in [0.25, 0.3) is 0 Å². The van der Waals surface area contributed by atoms with Crippen molar-refractivity contribution in [3.8, 4) is 0 Å². The van der Waals surface area contributed by atoms with E-state index in [4.69, 9.17) is 0 Å². The Bertz CT molecular complexity index is 331. The Morgan fingerprint density at radius 3 is 2.43 bits per heavy atom. The molecule has 0 spiro atoms. The molecule has 4 heteroatoms. The number of nitrogens with zero attached hydrogens (tertiary/aromatic N) is 2. The summed E-state index contributed by atoms with van der Waals surface area (Å²) in [7, 11) is 4.18. The summed E-state index contributed by atoms with van der Waals surface area (Å²) in [6.45, 7) is 5.03.